The lowest BCUT2D eigenvalue weighted by atomic mass is 10.1. The van der Waals surface area contributed by atoms with Gasteiger partial charge in [0.05, 0.1) is 10.5 Å². The van der Waals surface area contributed by atoms with Crippen LogP contribution in [0.25, 0.3) is 4.91 Å². The average Bonchev–Trinajstić information content (AvgIpc) is 2.70. The molecule has 30 heavy (non-hydrogen) atoms. The molecule has 0 aliphatic heterocycles. The SMILES string of the molecule is C/C=C(\SC(=C(C)CC)c1ccc(F)cc1)[N+](O)(O)Nc1ccc(C(=O)O)cc1F. The van der Waals surface area contributed by atoms with E-state index in [2.05, 4.69) is 5.43 Å². The van der Waals surface area contributed by atoms with E-state index in [1.165, 1.54) is 18.2 Å². The number of aromatic carboxylic acids is 1. The highest BCUT2D eigenvalue weighted by molar-refractivity contribution is 8.11. The van der Waals surface area contributed by atoms with Crippen LogP contribution in [-0.2, 0) is 0 Å². The summed E-state index contributed by atoms with van der Waals surface area (Å²) in [5, 5.41) is 30.0. The quantitative estimate of drug-likeness (QED) is 0.298. The molecule has 0 fully saturated rings. The van der Waals surface area contributed by atoms with Gasteiger partial charge in [0, 0.05) is 4.91 Å². The molecule has 2 aromatic rings. The van der Waals surface area contributed by atoms with Crippen molar-refractivity contribution in [2.45, 2.75) is 27.2 Å². The maximum atomic E-state index is 14.2. The molecule has 6 nitrogen and oxygen atoms in total. The van der Waals surface area contributed by atoms with E-state index in [-0.39, 0.29) is 22.1 Å². The van der Waals surface area contributed by atoms with E-state index in [1.807, 2.05) is 13.8 Å². The molecule has 0 bridgehead atoms. The van der Waals surface area contributed by atoms with Crippen LogP contribution >= 0.6 is 11.8 Å². The normalized spacial score (nSPS) is 13.1. The molecule has 9 heteroatoms. The van der Waals surface area contributed by atoms with Crippen LogP contribution in [0.1, 0.15) is 43.1 Å². The maximum absolute atomic E-state index is 14.2. The number of nitrogens with zero attached hydrogens (tertiary/aromatic N) is 1. The van der Waals surface area contributed by atoms with Crippen LogP contribution in [0.3, 0.4) is 0 Å². The number of hydrogen-bond donors (Lipinski definition) is 4. The molecular formula is C21H23F2N2O4S+. The highest BCUT2D eigenvalue weighted by Gasteiger charge is 2.33. The number of hydroxylamine groups is 2. The minimum absolute atomic E-state index is 0.00355. The van der Waals surface area contributed by atoms with Crippen molar-refractivity contribution in [1.82, 2.24) is 0 Å². The Morgan fingerprint density at radius 3 is 2.23 bits per heavy atom. The van der Waals surface area contributed by atoms with Gasteiger partial charge in [-0.1, -0.05) is 24.6 Å². The number of rotatable bonds is 8. The minimum Gasteiger partial charge on any atom is -0.478 e. The number of carbonyl (C=O) groups is 1. The number of hydrogen-bond acceptors (Lipinski definition) is 5. The van der Waals surface area contributed by atoms with Crippen molar-refractivity contribution in [3.05, 3.63) is 81.9 Å². The molecule has 0 heterocycles. The molecule has 0 aliphatic rings. The molecule has 4 N–H and O–H groups in total. The molecule has 0 saturated heterocycles. The van der Waals surface area contributed by atoms with Gasteiger partial charge in [-0.2, -0.15) is 5.43 Å². The average molecular weight is 437 g/mol. The van der Waals surface area contributed by atoms with Gasteiger partial charge in [-0.3, -0.25) is 0 Å². The Kier molecular flexibility index (Phi) is 7.74. The number of anilines is 1. The fourth-order valence-corrected chi connectivity index (χ4v) is 3.60. The third-order valence-corrected chi connectivity index (χ3v) is 5.77. The van der Waals surface area contributed by atoms with Crippen molar-refractivity contribution in [3.8, 4) is 0 Å². The minimum atomic E-state index is -1.87. The second-order valence-corrected chi connectivity index (χ2v) is 7.44. The van der Waals surface area contributed by atoms with Crippen LogP contribution in [0.15, 0.2) is 59.1 Å². The number of quaternary nitrogens is 1. The van der Waals surface area contributed by atoms with E-state index in [1.54, 1.807) is 19.1 Å². The van der Waals surface area contributed by atoms with Gasteiger partial charge in [-0.25, -0.2) is 13.6 Å². The number of thioether (sulfide) groups is 1. The van der Waals surface area contributed by atoms with Crippen LogP contribution < -0.4 is 5.43 Å². The zero-order valence-corrected chi connectivity index (χ0v) is 17.5. The summed E-state index contributed by atoms with van der Waals surface area (Å²) in [6.07, 6.45) is 2.11. The van der Waals surface area contributed by atoms with Crippen molar-refractivity contribution >= 4 is 28.3 Å². The zero-order chi connectivity index (χ0) is 22.5. The lowest BCUT2D eigenvalue weighted by Crippen LogP contribution is -2.44. The molecule has 0 atom stereocenters. The molecule has 0 spiro atoms. The standard InChI is InChI=1S/C21H22F2N2O4S/c1-4-13(3)20(14-6-9-16(22)10-7-14)30-19(5-2)25(28,29)24-18-11-8-15(21(26)27)12-17(18)23/h5-12,24,28-29H,4H2,1-3H3/p+1/b19-5-,20-13?. The second kappa shape index (κ2) is 9.86. The van der Waals surface area contributed by atoms with Gasteiger partial charge in [0.1, 0.15) is 11.5 Å². The van der Waals surface area contributed by atoms with Gasteiger partial charge < -0.3 is 5.11 Å². The number of carboxylic acids is 1. The van der Waals surface area contributed by atoms with E-state index in [0.29, 0.717) is 16.9 Å². The maximum Gasteiger partial charge on any atom is 0.335 e. The monoisotopic (exact) mass is 437 g/mol. The highest BCUT2D eigenvalue weighted by Crippen LogP contribution is 2.40. The molecule has 0 unspecified atom stereocenters. The smallest absolute Gasteiger partial charge is 0.335 e. The molecule has 0 saturated carbocycles. The Balaban J connectivity index is 2.34. The van der Waals surface area contributed by atoms with Crippen LogP contribution in [0.2, 0.25) is 0 Å². The van der Waals surface area contributed by atoms with Crippen molar-refractivity contribution in [3.63, 3.8) is 0 Å². The molecule has 160 valence electrons. The van der Waals surface area contributed by atoms with Crippen LogP contribution in [-0.4, -0.2) is 26.4 Å². The summed E-state index contributed by atoms with van der Waals surface area (Å²) in [7, 11) is 0. The zero-order valence-electron chi connectivity index (χ0n) is 16.7. The number of halogens is 2. The molecule has 0 amide bonds. The third-order valence-electron chi connectivity index (χ3n) is 4.28. The van der Waals surface area contributed by atoms with Crippen LogP contribution in [0.4, 0.5) is 14.5 Å². The van der Waals surface area contributed by atoms with Crippen molar-refractivity contribution in [2.24, 2.45) is 0 Å². The van der Waals surface area contributed by atoms with Crippen molar-refractivity contribution in [2.75, 3.05) is 5.43 Å². The first-order chi connectivity index (χ1) is 14.1. The first kappa shape index (κ1) is 23.6. The topological polar surface area (TPSA) is 89.8 Å². The fourth-order valence-electron chi connectivity index (χ4n) is 2.52. The third kappa shape index (κ3) is 5.67. The van der Waals surface area contributed by atoms with Gasteiger partial charge in [0.25, 0.3) is 5.03 Å². The summed E-state index contributed by atoms with van der Waals surface area (Å²) in [4.78, 5) is 9.77. The Morgan fingerprint density at radius 1 is 1.13 bits per heavy atom. The number of carboxylic acid groups (broad SMARTS) is 1. The largest absolute Gasteiger partial charge is 0.478 e. The number of benzene rings is 2. The summed E-state index contributed by atoms with van der Waals surface area (Å²) < 4.78 is 27.5. The summed E-state index contributed by atoms with van der Waals surface area (Å²) in [5.41, 5.74) is 3.29. The summed E-state index contributed by atoms with van der Waals surface area (Å²) >= 11 is 1.03. The first-order valence-electron chi connectivity index (χ1n) is 9.05. The lowest BCUT2D eigenvalue weighted by Gasteiger charge is -2.24. The summed E-state index contributed by atoms with van der Waals surface area (Å²) in [5.74, 6) is -2.65. The van der Waals surface area contributed by atoms with Crippen molar-refractivity contribution < 1.29 is 34.0 Å². The van der Waals surface area contributed by atoms with Gasteiger partial charge in [0.15, 0.2) is 5.82 Å². The van der Waals surface area contributed by atoms with Crippen LogP contribution in [0, 0.1) is 11.6 Å². The molecule has 2 aromatic carbocycles. The van der Waals surface area contributed by atoms with E-state index >= 15 is 0 Å². The van der Waals surface area contributed by atoms with E-state index in [4.69, 9.17) is 5.11 Å². The van der Waals surface area contributed by atoms with Gasteiger partial charge in [-0.15, -0.1) is 10.4 Å². The molecule has 0 aliphatic carbocycles. The summed E-state index contributed by atoms with van der Waals surface area (Å²) in [6.45, 7) is 5.39. The fraction of sp³-hybridized carbons (Fsp3) is 0.190. The van der Waals surface area contributed by atoms with E-state index in [9.17, 15) is 24.0 Å². The predicted octanol–water partition coefficient (Wildman–Crippen LogP) is 6.02. The molecule has 2 rings (SSSR count). The highest BCUT2D eigenvalue weighted by atomic mass is 32.2. The Bertz CT molecular complexity index is 989. The van der Waals surface area contributed by atoms with Crippen LogP contribution in [0.5, 0.6) is 0 Å². The van der Waals surface area contributed by atoms with Crippen molar-refractivity contribution in [1.29, 1.82) is 0 Å². The Labute approximate surface area is 177 Å². The second-order valence-electron chi connectivity index (χ2n) is 6.41. The van der Waals surface area contributed by atoms with E-state index < -0.39 is 16.7 Å². The lowest BCUT2D eigenvalue weighted by molar-refractivity contribution is -1.20. The van der Waals surface area contributed by atoms with E-state index in [0.717, 1.165) is 35.5 Å². The number of allylic oxidation sites excluding steroid dienone is 2. The first-order valence-corrected chi connectivity index (χ1v) is 9.86. The predicted molar refractivity (Wildman–Crippen MR) is 111 cm³/mol. The summed E-state index contributed by atoms with van der Waals surface area (Å²) in [6, 6.07) is 8.82. The Morgan fingerprint density at radius 2 is 1.73 bits per heavy atom. The molecular weight excluding hydrogens is 414 g/mol. The molecule has 0 aromatic heterocycles. The number of nitrogens with one attached hydrogen (secondary N) is 1. The molecule has 0 radical (unpaired) electrons. The van der Waals surface area contributed by atoms with Gasteiger partial charge in [0.2, 0.25) is 0 Å². The van der Waals surface area contributed by atoms with Gasteiger partial charge >= 0.3 is 5.97 Å². The Hall–Kier alpha value is -2.72. The van der Waals surface area contributed by atoms with Gasteiger partial charge in [-0.05, 0) is 74.0 Å².